The lowest BCUT2D eigenvalue weighted by molar-refractivity contribution is 0.0371. The molecule has 216 valence electrons. The van der Waals surface area contributed by atoms with E-state index in [9.17, 15) is 23.1 Å². The summed E-state index contributed by atoms with van der Waals surface area (Å²) in [5.74, 6) is 0.109. The van der Waals surface area contributed by atoms with Gasteiger partial charge in [-0.25, -0.2) is 13.2 Å². The maximum absolute atomic E-state index is 13.6. The standard InChI is InChI=1S/C26H33N5O7S2/c1-15-12-31(16(2)14-32)25(33)20-11-19(29-40(35,36)23-7-6-10-39-23)8-9-21(20)37-22(15)13-30(5)26(34)27-24-17(3)28-38-18(24)4/h6-11,15-16,22,29,32H,12-14H2,1-5H3,(H,27,34)/t15-,16+,22-/m0/s1. The Labute approximate surface area is 237 Å². The lowest BCUT2D eigenvalue weighted by Crippen LogP contribution is -2.50. The molecule has 1 aromatic carbocycles. The molecule has 4 rings (SSSR count). The average molecular weight is 592 g/mol. The third-order valence-corrected chi connectivity index (χ3v) is 9.52. The second kappa shape index (κ2) is 11.9. The van der Waals surface area contributed by atoms with Gasteiger partial charge < -0.3 is 29.5 Å². The van der Waals surface area contributed by atoms with Crippen molar-refractivity contribution in [1.82, 2.24) is 15.0 Å². The van der Waals surface area contributed by atoms with Gasteiger partial charge in [0.25, 0.3) is 15.9 Å². The summed E-state index contributed by atoms with van der Waals surface area (Å²) in [6.45, 7) is 7.23. The number of anilines is 2. The largest absolute Gasteiger partial charge is 0.487 e. The molecule has 0 spiro atoms. The van der Waals surface area contributed by atoms with E-state index < -0.39 is 28.1 Å². The fourth-order valence-electron chi connectivity index (χ4n) is 4.34. The fourth-order valence-corrected chi connectivity index (χ4v) is 6.38. The summed E-state index contributed by atoms with van der Waals surface area (Å²) >= 11 is 1.08. The summed E-state index contributed by atoms with van der Waals surface area (Å²) in [6.07, 6.45) is -0.533. The second-order valence-corrected chi connectivity index (χ2v) is 12.7. The smallest absolute Gasteiger partial charge is 0.321 e. The van der Waals surface area contributed by atoms with Crippen molar-refractivity contribution in [3.63, 3.8) is 0 Å². The SMILES string of the molecule is Cc1noc(C)c1NC(=O)N(C)C[C@@H]1Oc2ccc(NS(=O)(=O)c3cccs3)cc2C(=O)N([C@H](C)CO)C[C@@H]1C. The van der Waals surface area contributed by atoms with E-state index in [0.29, 0.717) is 17.1 Å². The van der Waals surface area contributed by atoms with Crippen molar-refractivity contribution in [1.29, 1.82) is 0 Å². The molecule has 3 aromatic rings. The summed E-state index contributed by atoms with van der Waals surface area (Å²) in [5, 5.41) is 18.2. The van der Waals surface area contributed by atoms with Crippen LogP contribution in [-0.2, 0) is 10.0 Å². The van der Waals surface area contributed by atoms with Crippen LogP contribution in [0.4, 0.5) is 16.2 Å². The van der Waals surface area contributed by atoms with E-state index in [2.05, 4.69) is 15.2 Å². The Hall–Kier alpha value is -3.62. The molecule has 0 fully saturated rings. The van der Waals surface area contributed by atoms with Crippen molar-refractivity contribution < 1.29 is 32.4 Å². The Bertz CT molecular complexity index is 1450. The van der Waals surface area contributed by atoms with Crippen molar-refractivity contribution in [2.24, 2.45) is 5.92 Å². The molecular weight excluding hydrogens is 558 g/mol. The van der Waals surface area contributed by atoms with Crippen LogP contribution < -0.4 is 14.8 Å². The third kappa shape index (κ3) is 6.24. The van der Waals surface area contributed by atoms with Gasteiger partial charge in [0.15, 0.2) is 5.76 Å². The molecule has 0 aliphatic carbocycles. The van der Waals surface area contributed by atoms with Crippen molar-refractivity contribution in [2.75, 3.05) is 36.8 Å². The minimum Gasteiger partial charge on any atom is -0.487 e. The number of rotatable bonds is 8. The number of aliphatic hydroxyl groups excluding tert-OH is 1. The van der Waals surface area contributed by atoms with E-state index >= 15 is 0 Å². The zero-order valence-electron chi connectivity index (χ0n) is 22.9. The number of benzene rings is 1. The number of carbonyl (C=O) groups excluding carboxylic acids is 2. The predicted molar refractivity (Wildman–Crippen MR) is 150 cm³/mol. The van der Waals surface area contributed by atoms with Crippen LogP contribution in [0.3, 0.4) is 0 Å². The van der Waals surface area contributed by atoms with Gasteiger partial charge in [-0.2, -0.15) is 0 Å². The number of likely N-dealkylation sites (N-methyl/N-ethyl adjacent to an activating group) is 1. The number of nitrogens with zero attached hydrogens (tertiary/aromatic N) is 3. The van der Waals surface area contributed by atoms with Gasteiger partial charge in [0.1, 0.15) is 27.4 Å². The molecule has 0 unspecified atom stereocenters. The van der Waals surface area contributed by atoms with Crippen LogP contribution in [0.2, 0.25) is 0 Å². The summed E-state index contributed by atoms with van der Waals surface area (Å²) in [4.78, 5) is 29.6. The van der Waals surface area contributed by atoms with E-state index in [-0.39, 0.29) is 52.9 Å². The van der Waals surface area contributed by atoms with E-state index in [1.807, 2.05) is 6.92 Å². The Morgan fingerprint density at radius 1 is 1.32 bits per heavy atom. The van der Waals surface area contributed by atoms with Gasteiger partial charge in [-0.15, -0.1) is 11.3 Å². The number of aliphatic hydroxyl groups is 1. The number of fused-ring (bicyclic) bond motifs is 1. The Morgan fingerprint density at radius 2 is 2.08 bits per heavy atom. The minimum atomic E-state index is -3.84. The fraction of sp³-hybridized carbons (Fsp3) is 0.423. The number of carbonyl (C=O) groups is 2. The number of thiophene rings is 1. The third-order valence-electron chi connectivity index (χ3n) is 6.74. The van der Waals surface area contributed by atoms with Gasteiger partial charge in [0.05, 0.1) is 24.8 Å². The van der Waals surface area contributed by atoms with Gasteiger partial charge >= 0.3 is 6.03 Å². The van der Waals surface area contributed by atoms with Gasteiger partial charge in [-0.05, 0) is 50.4 Å². The first-order valence-electron chi connectivity index (χ1n) is 12.6. The molecule has 2 aromatic heterocycles. The Morgan fingerprint density at radius 3 is 2.70 bits per heavy atom. The van der Waals surface area contributed by atoms with E-state index in [0.717, 1.165) is 11.3 Å². The van der Waals surface area contributed by atoms with Crippen LogP contribution in [-0.4, -0.2) is 79.3 Å². The van der Waals surface area contributed by atoms with Gasteiger partial charge in [0.2, 0.25) is 0 Å². The maximum atomic E-state index is 13.6. The van der Waals surface area contributed by atoms with Crippen LogP contribution >= 0.6 is 11.3 Å². The topological polar surface area (TPSA) is 154 Å². The highest BCUT2D eigenvalue weighted by atomic mass is 32.2. The van der Waals surface area contributed by atoms with Crippen molar-refractivity contribution >= 4 is 44.7 Å². The molecule has 0 saturated heterocycles. The van der Waals surface area contributed by atoms with Crippen LogP contribution in [0.25, 0.3) is 0 Å². The maximum Gasteiger partial charge on any atom is 0.321 e. The zero-order valence-corrected chi connectivity index (χ0v) is 24.5. The first-order chi connectivity index (χ1) is 18.9. The van der Waals surface area contributed by atoms with Gasteiger partial charge in [-0.3, -0.25) is 9.52 Å². The first-order valence-corrected chi connectivity index (χ1v) is 15.0. The summed E-state index contributed by atoms with van der Waals surface area (Å²) in [5.41, 5.74) is 1.40. The highest BCUT2D eigenvalue weighted by Crippen LogP contribution is 2.32. The van der Waals surface area contributed by atoms with E-state index in [1.165, 1.54) is 29.2 Å². The molecule has 0 radical (unpaired) electrons. The van der Waals surface area contributed by atoms with Crippen molar-refractivity contribution in [3.8, 4) is 5.75 Å². The molecule has 3 heterocycles. The molecule has 14 heteroatoms. The lowest BCUT2D eigenvalue weighted by atomic mass is 9.99. The summed E-state index contributed by atoms with van der Waals surface area (Å²) in [7, 11) is -2.21. The zero-order chi connectivity index (χ0) is 29.2. The molecule has 1 aliphatic heterocycles. The van der Waals surface area contributed by atoms with Gasteiger partial charge in [0, 0.05) is 25.2 Å². The number of hydrogen-bond acceptors (Lipinski definition) is 9. The monoisotopic (exact) mass is 591 g/mol. The molecular formula is C26H33N5O7S2. The number of nitrogens with one attached hydrogen (secondary N) is 2. The lowest BCUT2D eigenvalue weighted by Gasteiger charge is -2.38. The number of hydrogen-bond donors (Lipinski definition) is 3. The summed E-state index contributed by atoms with van der Waals surface area (Å²) < 4.78 is 39.6. The van der Waals surface area contributed by atoms with Crippen LogP contribution in [0.5, 0.6) is 5.75 Å². The summed E-state index contributed by atoms with van der Waals surface area (Å²) in [6, 6.07) is 6.73. The normalized spacial score (nSPS) is 18.2. The first kappa shape index (κ1) is 29.4. The molecule has 40 heavy (non-hydrogen) atoms. The Kier molecular flexibility index (Phi) is 8.71. The molecule has 3 atom stereocenters. The van der Waals surface area contributed by atoms with Crippen LogP contribution in [0.15, 0.2) is 44.4 Å². The Balaban J connectivity index is 1.62. The van der Waals surface area contributed by atoms with Crippen LogP contribution in [0, 0.1) is 19.8 Å². The highest BCUT2D eigenvalue weighted by Gasteiger charge is 2.34. The average Bonchev–Trinajstić information content (AvgIpc) is 3.57. The number of sulfonamides is 1. The highest BCUT2D eigenvalue weighted by molar-refractivity contribution is 7.94. The van der Waals surface area contributed by atoms with Crippen molar-refractivity contribution in [3.05, 3.63) is 52.7 Å². The molecule has 3 amide bonds. The predicted octanol–water partition coefficient (Wildman–Crippen LogP) is 3.54. The molecule has 0 saturated carbocycles. The molecule has 1 aliphatic rings. The molecule has 3 N–H and O–H groups in total. The van der Waals surface area contributed by atoms with Gasteiger partial charge in [-0.1, -0.05) is 18.1 Å². The minimum absolute atomic E-state index is 0.143. The molecule has 12 nitrogen and oxygen atoms in total. The number of aryl methyl sites for hydroxylation is 2. The second-order valence-electron chi connectivity index (χ2n) is 9.88. The van der Waals surface area contributed by atoms with Crippen molar-refractivity contribution in [2.45, 2.75) is 44.0 Å². The number of amides is 3. The van der Waals surface area contributed by atoms with Crippen LogP contribution in [0.1, 0.15) is 35.7 Å². The number of ether oxygens (including phenoxy) is 1. The molecule has 0 bridgehead atoms. The van der Waals surface area contributed by atoms with E-state index in [1.54, 1.807) is 44.2 Å². The number of aromatic nitrogens is 1. The number of urea groups is 1. The van der Waals surface area contributed by atoms with E-state index in [4.69, 9.17) is 9.26 Å². The quantitative estimate of drug-likeness (QED) is 0.359.